The summed E-state index contributed by atoms with van der Waals surface area (Å²) >= 11 is 17.1. The average molecular weight is 356 g/mol. The second-order valence-electron chi connectivity index (χ2n) is 4.16. The molecule has 0 radical (unpaired) electrons. The van der Waals surface area contributed by atoms with Crippen LogP contribution >= 0.6 is 34.8 Å². The Morgan fingerprint density at radius 3 is 2.05 bits per heavy atom. The molecule has 0 unspecified atom stereocenters. The maximum Gasteiger partial charge on any atom is 0.416 e. The van der Waals surface area contributed by atoms with Crippen molar-refractivity contribution in [3.05, 3.63) is 57.6 Å². The lowest BCUT2D eigenvalue weighted by Crippen LogP contribution is -2.08. The molecule has 0 fully saturated rings. The fraction of sp³-hybridized carbons (Fsp3) is 0.143. The van der Waals surface area contributed by atoms with E-state index in [1.165, 1.54) is 30.3 Å². The van der Waals surface area contributed by atoms with Gasteiger partial charge in [0.05, 0.1) is 5.56 Å². The molecule has 0 aliphatic rings. The molecule has 0 atom stereocenters. The van der Waals surface area contributed by atoms with Crippen molar-refractivity contribution in [2.24, 2.45) is 0 Å². The minimum absolute atomic E-state index is 0.0133. The van der Waals surface area contributed by atoms with Crippen LogP contribution in [0.3, 0.4) is 0 Å². The Hall–Kier alpha value is -1.10. The van der Waals surface area contributed by atoms with Crippen molar-refractivity contribution in [3.8, 4) is 11.5 Å². The molecular formula is C14H8Cl3F3O. The van der Waals surface area contributed by atoms with Crippen LogP contribution in [-0.2, 0) is 12.1 Å². The fourth-order valence-corrected chi connectivity index (χ4v) is 2.46. The highest BCUT2D eigenvalue weighted by atomic mass is 35.5. The Kier molecular flexibility index (Phi) is 4.91. The third kappa shape index (κ3) is 4.19. The van der Waals surface area contributed by atoms with Gasteiger partial charge in [0.1, 0.15) is 11.5 Å². The molecule has 0 bridgehead atoms. The maximum atomic E-state index is 12.9. The number of alkyl halides is 4. The summed E-state index contributed by atoms with van der Waals surface area (Å²) in [6, 6.07) is 7.98. The number of benzene rings is 2. The molecule has 0 saturated carbocycles. The lowest BCUT2D eigenvalue weighted by molar-refractivity contribution is -0.138. The minimum Gasteiger partial charge on any atom is -0.457 e. The fourth-order valence-electron chi connectivity index (χ4n) is 1.72. The topological polar surface area (TPSA) is 9.23 Å². The zero-order chi connectivity index (χ0) is 15.6. The highest BCUT2D eigenvalue weighted by molar-refractivity contribution is 6.34. The summed E-state index contributed by atoms with van der Waals surface area (Å²) in [6.45, 7) is 0. The van der Waals surface area contributed by atoms with Crippen LogP contribution in [0.15, 0.2) is 36.4 Å². The first-order chi connectivity index (χ1) is 9.79. The normalized spacial score (nSPS) is 11.5. The lowest BCUT2D eigenvalue weighted by atomic mass is 10.1. The van der Waals surface area contributed by atoms with E-state index in [4.69, 9.17) is 39.5 Å². The van der Waals surface area contributed by atoms with Gasteiger partial charge in [-0.1, -0.05) is 29.3 Å². The van der Waals surface area contributed by atoms with Gasteiger partial charge in [0.2, 0.25) is 0 Å². The lowest BCUT2D eigenvalue weighted by Gasteiger charge is -2.14. The summed E-state index contributed by atoms with van der Waals surface area (Å²) in [6.07, 6.45) is -4.50. The molecule has 0 saturated heterocycles. The van der Waals surface area contributed by atoms with E-state index in [9.17, 15) is 13.2 Å². The van der Waals surface area contributed by atoms with Crippen molar-refractivity contribution in [3.63, 3.8) is 0 Å². The monoisotopic (exact) mass is 354 g/mol. The molecule has 7 heteroatoms. The molecule has 0 N–H and O–H groups in total. The largest absolute Gasteiger partial charge is 0.457 e. The Morgan fingerprint density at radius 2 is 1.52 bits per heavy atom. The second-order valence-corrected chi connectivity index (χ2v) is 5.30. The van der Waals surface area contributed by atoms with Crippen molar-refractivity contribution in [2.75, 3.05) is 0 Å². The minimum atomic E-state index is -4.50. The molecule has 21 heavy (non-hydrogen) atoms. The van der Waals surface area contributed by atoms with Gasteiger partial charge in [-0.25, -0.2) is 0 Å². The molecule has 2 aromatic rings. The van der Waals surface area contributed by atoms with E-state index >= 15 is 0 Å². The summed E-state index contributed by atoms with van der Waals surface area (Å²) in [5, 5.41) is 0.650. The number of hydrogen-bond donors (Lipinski definition) is 0. The quantitative estimate of drug-likeness (QED) is 0.568. The van der Waals surface area contributed by atoms with Crippen molar-refractivity contribution in [2.45, 2.75) is 12.1 Å². The van der Waals surface area contributed by atoms with E-state index in [-0.39, 0.29) is 22.9 Å². The SMILES string of the molecule is FC(F)(F)c1cc(Oc2cc(Cl)cc(Cl)c2)ccc1CCl. The van der Waals surface area contributed by atoms with E-state index in [2.05, 4.69) is 0 Å². The maximum absolute atomic E-state index is 12.9. The highest BCUT2D eigenvalue weighted by Gasteiger charge is 2.33. The first-order valence-electron chi connectivity index (χ1n) is 5.69. The van der Waals surface area contributed by atoms with Crippen molar-refractivity contribution >= 4 is 34.8 Å². The molecule has 0 aliphatic carbocycles. The molecule has 0 aromatic heterocycles. The smallest absolute Gasteiger partial charge is 0.416 e. The van der Waals surface area contributed by atoms with Crippen LogP contribution in [0, 0.1) is 0 Å². The summed E-state index contributed by atoms with van der Waals surface area (Å²) < 4.78 is 44.1. The third-order valence-corrected chi connectivity index (χ3v) is 3.33. The molecule has 1 nitrogen and oxygen atoms in total. The average Bonchev–Trinajstić information content (AvgIpc) is 2.36. The molecule has 2 aromatic carbocycles. The number of ether oxygens (including phenoxy) is 1. The standard InChI is InChI=1S/C14H8Cl3F3O/c15-7-8-1-2-11(6-13(8)14(18,19)20)21-12-4-9(16)3-10(17)5-12/h1-6H,7H2. The van der Waals surface area contributed by atoms with Gasteiger partial charge in [-0.05, 0) is 35.9 Å². The van der Waals surface area contributed by atoms with Gasteiger partial charge in [-0.3, -0.25) is 0 Å². The zero-order valence-corrected chi connectivity index (χ0v) is 12.6. The predicted octanol–water partition coefficient (Wildman–Crippen LogP) is 6.54. The summed E-state index contributed by atoms with van der Waals surface area (Å²) in [7, 11) is 0. The van der Waals surface area contributed by atoms with E-state index in [1.54, 1.807) is 0 Å². The molecule has 0 aliphatic heterocycles. The van der Waals surface area contributed by atoms with Crippen LogP contribution in [-0.4, -0.2) is 0 Å². The van der Waals surface area contributed by atoms with Crippen LogP contribution in [0.5, 0.6) is 11.5 Å². The Labute approximate surface area is 134 Å². The first kappa shape index (κ1) is 16.3. The molecule has 2 rings (SSSR count). The molecule has 0 spiro atoms. The van der Waals surface area contributed by atoms with Crippen LogP contribution in [0.4, 0.5) is 13.2 Å². The van der Waals surface area contributed by atoms with Crippen molar-refractivity contribution in [1.82, 2.24) is 0 Å². The second kappa shape index (κ2) is 6.34. The molecule has 0 heterocycles. The van der Waals surface area contributed by atoms with Crippen LogP contribution in [0.25, 0.3) is 0 Å². The summed E-state index contributed by atoms with van der Waals surface area (Å²) in [4.78, 5) is 0. The van der Waals surface area contributed by atoms with Gasteiger partial charge in [0.15, 0.2) is 0 Å². The number of rotatable bonds is 3. The summed E-state index contributed by atoms with van der Waals surface area (Å²) in [5.74, 6) is 0.0340. The molecule has 112 valence electrons. The number of halogens is 6. The van der Waals surface area contributed by atoms with Crippen LogP contribution in [0.2, 0.25) is 10.0 Å². The van der Waals surface area contributed by atoms with Crippen LogP contribution in [0.1, 0.15) is 11.1 Å². The summed E-state index contributed by atoms with van der Waals surface area (Å²) in [5.41, 5.74) is -0.844. The third-order valence-electron chi connectivity index (χ3n) is 2.60. The Bertz CT molecular complexity index is 636. The van der Waals surface area contributed by atoms with Gasteiger partial charge < -0.3 is 4.74 Å². The molecular weight excluding hydrogens is 348 g/mol. The van der Waals surface area contributed by atoms with Crippen molar-refractivity contribution in [1.29, 1.82) is 0 Å². The van der Waals surface area contributed by atoms with Gasteiger partial charge in [-0.15, -0.1) is 11.6 Å². The van der Waals surface area contributed by atoms with E-state index in [0.29, 0.717) is 10.0 Å². The first-order valence-corrected chi connectivity index (χ1v) is 6.98. The molecule has 0 amide bonds. The van der Waals surface area contributed by atoms with Gasteiger partial charge >= 0.3 is 6.18 Å². The van der Waals surface area contributed by atoms with Crippen LogP contribution < -0.4 is 4.74 Å². The zero-order valence-electron chi connectivity index (χ0n) is 10.3. The predicted molar refractivity (Wildman–Crippen MR) is 77.5 cm³/mol. The van der Waals surface area contributed by atoms with Gasteiger partial charge in [-0.2, -0.15) is 13.2 Å². The van der Waals surface area contributed by atoms with Gasteiger partial charge in [0, 0.05) is 15.9 Å². The highest BCUT2D eigenvalue weighted by Crippen LogP contribution is 2.36. The number of hydrogen-bond acceptors (Lipinski definition) is 1. The van der Waals surface area contributed by atoms with Crippen molar-refractivity contribution < 1.29 is 17.9 Å². The van der Waals surface area contributed by atoms with E-state index < -0.39 is 11.7 Å². The Morgan fingerprint density at radius 1 is 0.905 bits per heavy atom. The van der Waals surface area contributed by atoms with E-state index in [0.717, 1.165) is 6.07 Å². The van der Waals surface area contributed by atoms with E-state index in [1.807, 2.05) is 0 Å². The van der Waals surface area contributed by atoms with Gasteiger partial charge in [0.25, 0.3) is 0 Å². The Balaban J connectivity index is 2.37.